The van der Waals surface area contributed by atoms with Gasteiger partial charge in [0.05, 0.1) is 5.76 Å². The number of rotatable bonds is 12. The molecule has 0 unspecified atom stereocenters. The van der Waals surface area contributed by atoms with Crippen LogP contribution in [0.15, 0.2) is 72.6 Å². The summed E-state index contributed by atoms with van der Waals surface area (Å²) in [7, 11) is 0. The molecule has 0 bridgehead atoms. The van der Waals surface area contributed by atoms with Gasteiger partial charge in [0.1, 0.15) is 0 Å². The minimum absolute atomic E-state index is 0. The van der Waals surface area contributed by atoms with Crippen LogP contribution in [-0.2, 0) is 30.3 Å². The van der Waals surface area contributed by atoms with Gasteiger partial charge in [-0.05, 0) is 91.2 Å². The van der Waals surface area contributed by atoms with Crippen LogP contribution in [0.4, 0.5) is 0 Å². The average Bonchev–Trinajstić information content (AvgIpc) is 3.54. The van der Waals surface area contributed by atoms with Crippen LogP contribution in [0.3, 0.4) is 0 Å². The monoisotopic (exact) mass is 881 g/mol. The second-order valence-electron chi connectivity index (χ2n) is 14.6. The summed E-state index contributed by atoms with van der Waals surface area (Å²) in [4.78, 5) is 16.7. The Hall–Kier alpha value is -2.85. The van der Waals surface area contributed by atoms with E-state index in [-0.39, 0.29) is 48.9 Å². The average molecular weight is 881 g/mol. The van der Waals surface area contributed by atoms with E-state index < -0.39 is 0 Å². The molecule has 0 saturated heterocycles. The largest absolute Gasteiger partial charge is 0.512 e. The molecule has 6 rings (SSSR count). The van der Waals surface area contributed by atoms with Crippen molar-refractivity contribution in [3.63, 3.8) is 0 Å². The van der Waals surface area contributed by atoms with Gasteiger partial charge in [0.2, 0.25) is 0 Å². The standard InChI is InChI=1S/C33H34NS.C13H24O2.Ir/c1-4-33(3,5-2)29-20-25(19-24-13-9-10-14-26(24)29)31-32-28(17-18-34-31)27-16-15-23(21-30(27)35-32)22-11-7-6-8-12-22;1-5-10(6-2)12(14)9-13(15)11(7-3)8-4;/h9-10,13-18,20-22H,4-8,11-12H2,1-3H3;9-11,14H,5-8H2,1-4H3;/q-1;;/b;12-9-;. The molecule has 0 spiro atoms. The van der Waals surface area contributed by atoms with E-state index in [0.717, 1.165) is 55.7 Å². The minimum atomic E-state index is 0. The van der Waals surface area contributed by atoms with Gasteiger partial charge < -0.3 is 5.11 Å². The summed E-state index contributed by atoms with van der Waals surface area (Å²) in [6.45, 7) is 15.1. The number of hydrogen-bond donors (Lipinski definition) is 1. The number of carbonyl (C=O) groups is 1. The van der Waals surface area contributed by atoms with Crippen LogP contribution in [0, 0.1) is 17.9 Å². The minimum Gasteiger partial charge on any atom is -0.512 e. The predicted molar refractivity (Wildman–Crippen MR) is 217 cm³/mol. The summed E-state index contributed by atoms with van der Waals surface area (Å²) < 4.78 is 2.68. The summed E-state index contributed by atoms with van der Waals surface area (Å²) in [5, 5.41) is 15.0. The first-order valence-electron chi connectivity index (χ1n) is 19.4. The number of nitrogens with zero attached hydrogens (tertiary/aromatic N) is 1. The van der Waals surface area contributed by atoms with Crippen molar-refractivity contribution < 1.29 is 30.0 Å². The summed E-state index contributed by atoms with van der Waals surface area (Å²) in [6.07, 6.45) is 15.9. The Labute approximate surface area is 324 Å². The summed E-state index contributed by atoms with van der Waals surface area (Å²) in [5.74, 6) is 1.28. The van der Waals surface area contributed by atoms with Crippen molar-refractivity contribution in [2.75, 3.05) is 0 Å². The van der Waals surface area contributed by atoms with E-state index in [0.29, 0.717) is 0 Å². The molecule has 3 nitrogen and oxygen atoms in total. The molecule has 0 atom stereocenters. The van der Waals surface area contributed by atoms with Crippen molar-refractivity contribution in [3.05, 3.63) is 89.8 Å². The van der Waals surface area contributed by atoms with Gasteiger partial charge in [-0.3, -0.25) is 9.78 Å². The fourth-order valence-corrected chi connectivity index (χ4v) is 9.12. The Morgan fingerprint density at radius 2 is 1.55 bits per heavy atom. The van der Waals surface area contributed by atoms with Gasteiger partial charge in [-0.15, -0.1) is 40.5 Å². The van der Waals surface area contributed by atoms with E-state index in [9.17, 15) is 9.90 Å². The molecule has 1 fully saturated rings. The van der Waals surface area contributed by atoms with E-state index >= 15 is 0 Å². The van der Waals surface area contributed by atoms with Crippen molar-refractivity contribution >= 4 is 48.1 Å². The Kier molecular flexibility index (Phi) is 15.1. The number of hydrogen-bond acceptors (Lipinski definition) is 4. The van der Waals surface area contributed by atoms with E-state index in [1.807, 2.05) is 45.2 Å². The first-order chi connectivity index (χ1) is 24.2. The fraction of sp³-hybridized carbons (Fsp3) is 0.478. The van der Waals surface area contributed by atoms with Crippen molar-refractivity contribution in [2.24, 2.45) is 11.8 Å². The van der Waals surface area contributed by atoms with Crippen LogP contribution >= 0.6 is 11.3 Å². The Morgan fingerprint density at radius 3 is 2.20 bits per heavy atom. The second kappa shape index (κ2) is 18.8. The number of benzene rings is 3. The molecule has 1 saturated carbocycles. The SMILES string of the molecule is CCC(C)(CC)c1cc(-c2nccc3c2sc2cc(C4CCCCC4)ccc23)[c-]c2ccccc12.CCC(CC)C(=O)/C=C(\O)C(CC)CC.[Ir]. The fourth-order valence-electron chi connectivity index (χ4n) is 7.87. The molecule has 275 valence electrons. The molecular formula is C46H58IrNO2S-. The number of thiophene rings is 1. The molecule has 0 aliphatic heterocycles. The number of allylic oxidation sites excluding steroid dienone is 2. The van der Waals surface area contributed by atoms with E-state index in [1.165, 1.54) is 80.3 Å². The van der Waals surface area contributed by atoms with Gasteiger partial charge in [-0.25, -0.2) is 0 Å². The third kappa shape index (κ3) is 9.03. The summed E-state index contributed by atoms with van der Waals surface area (Å²) in [6, 6.07) is 24.3. The molecule has 2 heterocycles. The second-order valence-corrected chi connectivity index (χ2v) is 15.7. The normalized spacial score (nSPS) is 14.3. The van der Waals surface area contributed by atoms with E-state index in [4.69, 9.17) is 4.98 Å². The van der Waals surface area contributed by atoms with Gasteiger partial charge in [-0.2, -0.15) is 0 Å². The van der Waals surface area contributed by atoms with Crippen LogP contribution in [0.1, 0.15) is 136 Å². The maximum absolute atomic E-state index is 11.7. The van der Waals surface area contributed by atoms with E-state index in [1.54, 1.807) is 0 Å². The molecule has 51 heavy (non-hydrogen) atoms. The van der Waals surface area contributed by atoms with Crippen LogP contribution in [0.5, 0.6) is 0 Å². The number of carbonyl (C=O) groups excluding carboxylic acids is 1. The molecule has 5 heteroatoms. The molecular weight excluding hydrogens is 823 g/mol. The number of aliphatic hydroxyl groups excluding tert-OH is 1. The molecule has 2 aromatic heterocycles. The molecule has 1 radical (unpaired) electrons. The van der Waals surface area contributed by atoms with Crippen LogP contribution in [-0.4, -0.2) is 15.9 Å². The number of ketones is 1. The predicted octanol–water partition coefficient (Wildman–Crippen LogP) is 14.1. The Balaban J connectivity index is 0.000000312. The third-order valence-corrected chi connectivity index (χ3v) is 13.0. The number of pyridine rings is 1. The zero-order valence-corrected chi connectivity index (χ0v) is 35.1. The molecule has 1 N–H and O–H groups in total. The molecule has 1 aliphatic rings. The summed E-state index contributed by atoms with van der Waals surface area (Å²) >= 11 is 1.91. The Bertz CT molecular complexity index is 1920. The maximum Gasteiger partial charge on any atom is 0.162 e. The molecule has 5 aromatic rings. The van der Waals surface area contributed by atoms with E-state index in [2.05, 4.69) is 81.4 Å². The van der Waals surface area contributed by atoms with Gasteiger partial charge in [0, 0.05) is 59.3 Å². The Morgan fingerprint density at radius 1 is 0.882 bits per heavy atom. The quantitative estimate of drug-likeness (QED) is 0.0772. The zero-order chi connectivity index (χ0) is 35.8. The van der Waals surface area contributed by atoms with Gasteiger partial charge in [-0.1, -0.05) is 109 Å². The number of aliphatic hydroxyl groups is 1. The van der Waals surface area contributed by atoms with Crippen LogP contribution in [0.25, 0.3) is 42.2 Å². The smallest absolute Gasteiger partial charge is 0.162 e. The van der Waals surface area contributed by atoms with Gasteiger partial charge >= 0.3 is 0 Å². The van der Waals surface area contributed by atoms with Crippen molar-refractivity contribution in [1.29, 1.82) is 0 Å². The summed E-state index contributed by atoms with van der Waals surface area (Å²) in [5.41, 5.74) is 5.28. The molecule has 1 aliphatic carbocycles. The molecule has 0 amide bonds. The number of aromatic nitrogens is 1. The maximum atomic E-state index is 11.7. The first-order valence-corrected chi connectivity index (χ1v) is 20.2. The van der Waals surface area contributed by atoms with Crippen molar-refractivity contribution in [2.45, 2.75) is 130 Å². The van der Waals surface area contributed by atoms with Gasteiger partial charge in [0.15, 0.2) is 5.78 Å². The first kappa shape index (κ1) is 40.9. The zero-order valence-electron chi connectivity index (χ0n) is 31.9. The van der Waals surface area contributed by atoms with Gasteiger partial charge in [0.25, 0.3) is 0 Å². The molecule has 3 aromatic carbocycles. The number of fused-ring (bicyclic) bond motifs is 4. The topological polar surface area (TPSA) is 50.2 Å². The van der Waals surface area contributed by atoms with Crippen LogP contribution < -0.4 is 0 Å². The van der Waals surface area contributed by atoms with Crippen molar-refractivity contribution in [1.82, 2.24) is 4.98 Å². The third-order valence-electron chi connectivity index (χ3n) is 11.8. The van der Waals surface area contributed by atoms with Crippen molar-refractivity contribution in [3.8, 4) is 11.3 Å². The van der Waals surface area contributed by atoms with Crippen LogP contribution in [0.2, 0.25) is 0 Å².